The monoisotopic (exact) mass is 709 g/mol. The molecule has 0 atom stereocenters. The minimum Gasteiger partial charge on any atom is -0.338 e. The maximum Gasteiger partial charge on any atom is 0.416 e. The number of hydrogen-bond acceptors (Lipinski definition) is 3. The summed E-state index contributed by atoms with van der Waals surface area (Å²) in [5, 5.41) is 0.507. The number of alkyl halides is 3. The zero-order valence-corrected chi connectivity index (χ0v) is 29.4. The Hall–Kier alpha value is -4.05. The molecule has 274 valence electrons. The van der Waals surface area contributed by atoms with Gasteiger partial charge in [0.1, 0.15) is 6.54 Å². The Labute approximate surface area is 297 Å². The number of aromatic nitrogens is 1. The number of para-hydroxylation sites is 1. The van der Waals surface area contributed by atoms with Crippen molar-refractivity contribution in [1.82, 2.24) is 14.4 Å². The van der Waals surface area contributed by atoms with Gasteiger partial charge in [-0.25, -0.2) is 8.78 Å². The summed E-state index contributed by atoms with van der Waals surface area (Å²) in [7, 11) is 0. The third kappa shape index (κ3) is 10.3. The van der Waals surface area contributed by atoms with E-state index in [1.54, 1.807) is 24.3 Å². The molecular formula is C41H48F5N3O2. The number of fused-ring (bicyclic) bond motifs is 1. The van der Waals surface area contributed by atoms with Crippen molar-refractivity contribution in [2.75, 3.05) is 26.2 Å². The van der Waals surface area contributed by atoms with Crippen molar-refractivity contribution in [1.29, 1.82) is 0 Å². The topological polar surface area (TPSA) is 45.5 Å². The highest BCUT2D eigenvalue weighted by Gasteiger charge is 2.30. The zero-order chi connectivity index (χ0) is 36.4. The van der Waals surface area contributed by atoms with Crippen LogP contribution in [0.2, 0.25) is 0 Å². The molecule has 0 saturated carbocycles. The SMILES string of the molecule is CCN1CCC(N(CCCCCCCCc2ccc(C(F)(F)F)cc2)C(=O)Cn2c(CCc3cccc(F)c3F)cc(=O)c3ccccc32)CC1. The van der Waals surface area contributed by atoms with E-state index in [1.165, 1.54) is 18.2 Å². The number of unbranched alkanes of at least 4 members (excludes halogenated alkanes) is 5. The maximum atomic E-state index is 14.5. The summed E-state index contributed by atoms with van der Waals surface area (Å²) in [6.45, 7) is 5.64. The van der Waals surface area contributed by atoms with E-state index in [2.05, 4.69) is 11.8 Å². The first kappa shape index (κ1) is 38.2. The lowest BCUT2D eigenvalue weighted by molar-refractivity contribution is -0.137. The van der Waals surface area contributed by atoms with Gasteiger partial charge >= 0.3 is 6.18 Å². The molecule has 2 heterocycles. The molecule has 10 heteroatoms. The van der Waals surface area contributed by atoms with Crippen LogP contribution < -0.4 is 5.43 Å². The van der Waals surface area contributed by atoms with Crippen molar-refractivity contribution < 1.29 is 26.7 Å². The first-order chi connectivity index (χ1) is 24.5. The highest BCUT2D eigenvalue weighted by atomic mass is 19.4. The van der Waals surface area contributed by atoms with Crippen LogP contribution in [0.15, 0.2) is 77.6 Å². The predicted octanol–water partition coefficient (Wildman–Crippen LogP) is 8.98. The summed E-state index contributed by atoms with van der Waals surface area (Å²) in [6, 6.07) is 18.3. The van der Waals surface area contributed by atoms with E-state index in [-0.39, 0.29) is 42.3 Å². The highest BCUT2D eigenvalue weighted by molar-refractivity contribution is 5.83. The summed E-state index contributed by atoms with van der Waals surface area (Å²) in [5.41, 5.74) is 1.58. The summed E-state index contributed by atoms with van der Waals surface area (Å²) < 4.78 is 68.8. The van der Waals surface area contributed by atoms with Crippen molar-refractivity contribution in [3.63, 3.8) is 0 Å². The second kappa shape index (κ2) is 17.9. The molecule has 0 spiro atoms. The number of carbonyl (C=O) groups excluding carboxylic acids is 1. The van der Waals surface area contributed by atoms with Crippen LogP contribution in [0, 0.1) is 11.6 Å². The van der Waals surface area contributed by atoms with Crippen LogP contribution in [0.25, 0.3) is 10.9 Å². The van der Waals surface area contributed by atoms with E-state index < -0.39 is 23.4 Å². The fourth-order valence-corrected chi connectivity index (χ4v) is 7.24. The number of halogens is 5. The molecule has 1 amide bonds. The number of amides is 1. The third-order valence-corrected chi connectivity index (χ3v) is 10.2. The lowest BCUT2D eigenvalue weighted by Crippen LogP contribution is -2.48. The molecule has 5 nitrogen and oxygen atoms in total. The lowest BCUT2D eigenvalue weighted by Gasteiger charge is -2.38. The molecule has 4 aromatic rings. The van der Waals surface area contributed by atoms with Gasteiger partial charge in [-0.2, -0.15) is 13.2 Å². The first-order valence-electron chi connectivity index (χ1n) is 18.3. The second-order valence-corrected chi connectivity index (χ2v) is 13.6. The van der Waals surface area contributed by atoms with Crippen molar-refractivity contribution in [2.45, 2.75) is 96.3 Å². The van der Waals surface area contributed by atoms with E-state index in [1.807, 2.05) is 21.6 Å². The number of carbonyl (C=O) groups is 1. The Morgan fingerprint density at radius 3 is 2.22 bits per heavy atom. The van der Waals surface area contributed by atoms with Gasteiger partial charge < -0.3 is 14.4 Å². The Morgan fingerprint density at radius 2 is 1.51 bits per heavy atom. The van der Waals surface area contributed by atoms with Crippen molar-refractivity contribution in [2.24, 2.45) is 0 Å². The molecule has 1 aromatic heterocycles. The standard InChI is InChI=1S/C41H48F5N3O2/c1-2-47-26-23-33(24-27-47)48(25-10-6-4-3-5-7-12-30-17-20-32(21-18-30)41(44,45)46)39(51)29-49-34(22-19-31-13-11-15-36(42)40(31)43)28-38(50)35-14-8-9-16-37(35)49/h8-9,11,13-18,20-21,28,33H,2-7,10,12,19,22-27,29H2,1H3. The van der Waals surface area contributed by atoms with E-state index in [4.69, 9.17) is 0 Å². The van der Waals surface area contributed by atoms with Gasteiger partial charge in [0.05, 0.1) is 11.1 Å². The number of aryl methyl sites for hydroxylation is 3. The number of benzene rings is 3. The Bertz CT molecular complexity index is 1800. The maximum absolute atomic E-state index is 14.5. The van der Waals surface area contributed by atoms with Crippen LogP contribution in [0.5, 0.6) is 0 Å². The van der Waals surface area contributed by atoms with Crippen LogP contribution in [0.1, 0.15) is 80.7 Å². The Balaban J connectivity index is 1.22. The van der Waals surface area contributed by atoms with Crippen molar-refractivity contribution in [3.05, 3.63) is 117 Å². The number of hydrogen-bond donors (Lipinski definition) is 0. The van der Waals surface area contributed by atoms with Crippen molar-refractivity contribution >= 4 is 16.8 Å². The molecule has 1 aliphatic rings. The van der Waals surface area contributed by atoms with Gasteiger partial charge in [-0.1, -0.05) is 69.0 Å². The quantitative estimate of drug-likeness (QED) is 0.0862. The van der Waals surface area contributed by atoms with Gasteiger partial charge in [-0.15, -0.1) is 0 Å². The van der Waals surface area contributed by atoms with E-state index in [0.717, 1.165) is 101 Å². The predicted molar refractivity (Wildman–Crippen MR) is 192 cm³/mol. The van der Waals surface area contributed by atoms with Crippen LogP contribution >= 0.6 is 0 Å². The van der Waals surface area contributed by atoms with Gasteiger partial charge in [0.25, 0.3) is 0 Å². The molecule has 0 radical (unpaired) electrons. The molecule has 1 saturated heterocycles. The molecule has 5 rings (SSSR count). The average Bonchev–Trinajstić information content (AvgIpc) is 3.13. The van der Waals surface area contributed by atoms with E-state index in [0.29, 0.717) is 23.1 Å². The molecule has 1 fully saturated rings. The molecule has 51 heavy (non-hydrogen) atoms. The minimum absolute atomic E-state index is 0.0199. The summed E-state index contributed by atoms with van der Waals surface area (Å²) in [5.74, 6) is -1.83. The normalized spacial score (nSPS) is 14.3. The number of likely N-dealkylation sites (tertiary alicyclic amines) is 1. The van der Waals surface area contributed by atoms with E-state index in [9.17, 15) is 31.5 Å². The molecule has 3 aromatic carbocycles. The summed E-state index contributed by atoms with van der Waals surface area (Å²) in [6.07, 6.45) is 4.39. The molecule has 0 unspecified atom stereocenters. The fraction of sp³-hybridized carbons (Fsp3) is 0.463. The van der Waals surface area contributed by atoms with Crippen molar-refractivity contribution in [3.8, 4) is 0 Å². The minimum atomic E-state index is -4.32. The summed E-state index contributed by atoms with van der Waals surface area (Å²) in [4.78, 5) is 31.8. The zero-order valence-electron chi connectivity index (χ0n) is 29.4. The third-order valence-electron chi connectivity index (χ3n) is 10.2. The van der Waals surface area contributed by atoms with Gasteiger partial charge in [-0.3, -0.25) is 9.59 Å². The largest absolute Gasteiger partial charge is 0.416 e. The molecule has 0 aliphatic carbocycles. The molecule has 1 aliphatic heterocycles. The van der Waals surface area contributed by atoms with Gasteiger partial charge in [-0.05, 0) is 92.9 Å². The number of piperidine rings is 1. The highest BCUT2D eigenvalue weighted by Crippen LogP contribution is 2.29. The van der Waals surface area contributed by atoms with Gasteiger partial charge in [0, 0.05) is 42.8 Å². The Morgan fingerprint density at radius 1 is 0.824 bits per heavy atom. The van der Waals surface area contributed by atoms with Crippen LogP contribution in [0.3, 0.4) is 0 Å². The lowest BCUT2D eigenvalue weighted by atomic mass is 10.0. The van der Waals surface area contributed by atoms with E-state index >= 15 is 0 Å². The van der Waals surface area contributed by atoms with Crippen LogP contribution in [0.4, 0.5) is 22.0 Å². The van der Waals surface area contributed by atoms with Gasteiger partial charge in [0.15, 0.2) is 17.1 Å². The summed E-state index contributed by atoms with van der Waals surface area (Å²) >= 11 is 0. The first-order valence-corrected chi connectivity index (χ1v) is 18.3. The van der Waals surface area contributed by atoms with Crippen LogP contribution in [-0.2, 0) is 36.8 Å². The van der Waals surface area contributed by atoms with Crippen LogP contribution in [-0.4, -0.2) is 52.5 Å². The average molecular weight is 710 g/mol. The van der Waals surface area contributed by atoms with Gasteiger partial charge in [0.2, 0.25) is 5.91 Å². The smallest absolute Gasteiger partial charge is 0.338 e. The second-order valence-electron chi connectivity index (χ2n) is 13.6. The number of rotatable bonds is 16. The fourth-order valence-electron chi connectivity index (χ4n) is 7.24. The molecular weight excluding hydrogens is 661 g/mol. The molecule has 0 N–H and O–H groups in total. The Kier molecular flexibility index (Phi) is 13.4. The number of pyridine rings is 1. The number of nitrogens with zero attached hydrogens (tertiary/aromatic N) is 3. The molecule has 0 bridgehead atoms.